The van der Waals surface area contributed by atoms with Gasteiger partial charge >= 0.3 is 0 Å². The minimum absolute atomic E-state index is 0. The van der Waals surface area contributed by atoms with E-state index in [0.717, 1.165) is 61.3 Å². The van der Waals surface area contributed by atoms with Gasteiger partial charge in [0.1, 0.15) is 0 Å². The molecule has 2 aromatic carbocycles. The van der Waals surface area contributed by atoms with Gasteiger partial charge < -0.3 is 37.2 Å². The Hall–Kier alpha value is -1.33. The van der Waals surface area contributed by atoms with E-state index in [4.69, 9.17) is 26.6 Å². The van der Waals surface area contributed by atoms with Crippen molar-refractivity contribution in [3.05, 3.63) is 86.2 Å². The number of aliphatic imine (C=N–C) groups is 2. The van der Waals surface area contributed by atoms with Crippen LogP contribution in [0.25, 0.3) is 0 Å². The van der Waals surface area contributed by atoms with Crippen molar-refractivity contribution in [1.29, 1.82) is 0 Å². The van der Waals surface area contributed by atoms with Crippen molar-refractivity contribution in [2.75, 3.05) is 0 Å². The topological polar surface area (TPSA) is 37.6 Å². The van der Waals surface area contributed by atoms with Crippen LogP contribution < -0.4 is 37.2 Å². The zero-order chi connectivity index (χ0) is 33.9. The number of nitrogens with zero attached hydrogens (tertiary/aromatic N) is 3. The smallest absolute Gasteiger partial charge is 0.0835 e. The summed E-state index contributed by atoms with van der Waals surface area (Å²) < 4.78 is 0. The number of aromatic nitrogens is 1. The summed E-state index contributed by atoms with van der Waals surface area (Å²) in [5.74, 6) is 0. The summed E-state index contributed by atoms with van der Waals surface area (Å²) in [5, 5.41) is 0.655. The molecule has 1 aromatic heterocycles. The molecule has 0 aliphatic heterocycles. The SMILES string of the molecule is CCCCc1cc(CCCC)c(N=Cc2cc(Cl)cc(C=Nc3c(CCCC)cc(CCCC)cc3CCCC)n2)c(CCCC)c1.[Cl-].[Cl-].[Cl-].[V]. The Labute approximate surface area is 347 Å². The van der Waals surface area contributed by atoms with E-state index in [1.807, 2.05) is 24.6 Å². The van der Waals surface area contributed by atoms with E-state index in [1.54, 1.807) is 0 Å². The Balaban J connectivity index is 0. The van der Waals surface area contributed by atoms with Gasteiger partial charge in [-0.05, 0) is 123 Å². The molecule has 0 unspecified atom stereocenters. The van der Waals surface area contributed by atoms with Crippen LogP contribution in [0.5, 0.6) is 0 Å². The van der Waals surface area contributed by atoms with Crippen LogP contribution in [0.1, 0.15) is 163 Å². The molecule has 0 bridgehead atoms. The average molecular weight is 814 g/mol. The molecule has 0 fully saturated rings. The summed E-state index contributed by atoms with van der Waals surface area (Å²) in [7, 11) is 0. The van der Waals surface area contributed by atoms with Crippen molar-refractivity contribution in [3.8, 4) is 0 Å². The van der Waals surface area contributed by atoms with E-state index >= 15 is 0 Å². The number of pyridine rings is 1. The Morgan fingerprint density at radius 1 is 0.471 bits per heavy atom. The van der Waals surface area contributed by atoms with E-state index in [0.29, 0.717) is 5.02 Å². The van der Waals surface area contributed by atoms with Gasteiger partial charge in [-0.2, -0.15) is 0 Å². The molecule has 0 atom stereocenters. The predicted octanol–water partition coefficient (Wildman–Crippen LogP) is 4.30. The Morgan fingerprint density at radius 3 is 1.02 bits per heavy atom. The molecule has 0 amide bonds. The molecule has 0 saturated heterocycles. The Kier molecular flexibility index (Phi) is 30.5. The van der Waals surface area contributed by atoms with E-state index < -0.39 is 0 Å². The maximum Gasteiger partial charge on any atom is 0.0835 e. The van der Waals surface area contributed by atoms with Crippen LogP contribution in [-0.2, 0) is 57.1 Å². The van der Waals surface area contributed by atoms with Crippen molar-refractivity contribution in [2.45, 2.75) is 157 Å². The van der Waals surface area contributed by atoms with E-state index in [1.165, 1.54) is 110 Å². The summed E-state index contributed by atoms with van der Waals surface area (Å²) in [6.45, 7) is 13.6. The van der Waals surface area contributed by atoms with Gasteiger partial charge in [0.2, 0.25) is 0 Å². The van der Waals surface area contributed by atoms with E-state index in [-0.39, 0.29) is 55.8 Å². The van der Waals surface area contributed by atoms with Crippen molar-refractivity contribution >= 4 is 35.4 Å². The van der Waals surface area contributed by atoms with Crippen LogP contribution >= 0.6 is 11.6 Å². The molecular formula is C43H62Cl4N3V-3. The fourth-order valence-corrected chi connectivity index (χ4v) is 6.43. The second-order valence-corrected chi connectivity index (χ2v) is 13.7. The van der Waals surface area contributed by atoms with Gasteiger partial charge in [0, 0.05) is 23.6 Å². The normalized spacial score (nSPS) is 10.9. The molecule has 0 aliphatic rings. The average Bonchev–Trinajstić information content (AvgIpc) is 3.07. The van der Waals surface area contributed by atoms with Gasteiger partial charge in [0.05, 0.1) is 35.2 Å². The summed E-state index contributed by atoms with van der Waals surface area (Å²) >= 11 is 6.69. The number of aryl methyl sites for hydroxylation is 6. The number of hydrogen-bond acceptors (Lipinski definition) is 3. The van der Waals surface area contributed by atoms with Crippen molar-refractivity contribution in [2.24, 2.45) is 9.98 Å². The van der Waals surface area contributed by atoms with Crippen molar-refractivity contribution < 1.29 is 55.8 Å². The zero-order valence-corrected chi connectivity index (χ0v) is 36.6. The summed E-state index contributed by atoms with van der Waals surface area (Å²) in [6.07, 6.45) is 24.6. The molecule has 51 heavy (non-hydrogen) atoms. The van der Waals surface area contributed by atoms with Gasteiger partial charge in [-0.25, -0.2) is 4.98 Å². The monoisotopic (exact) mass is 811 g/mol. The first kappa shape index (κ1) is 51.8. The largest absolute Gasteiger partial charge is 1.00 e. The number of unbranched alkanes of at least 4 members (excludes halogenated alkanes) is 6. The van der Waals surface area contributed by atoms with Crippen molar-refractivity contribution in [3.63, 3.8) is 0 Å². The fraction of sp³-hybridized carbons (Fsp3) is 0.558. The van der Waals surface area contributed by atoms with Gasteiger partial charge in [0.25, 0.3) is 0 Å². The zero-order valence-electron chi connectivity index (χ0n) is 32.1. The summed E-state index contributed by atoms with van der Waals surface area (Å²) in [6, 6.07) is 13.5. The molecule has 0 spiro atoms. The molecule has 1 radical (unpaired) electrons. The molecule has 8 heteroatoms. The van der Waals surface area contributed by atoms with Gasteiger partial charge in [-0.15, -0.1) is 0 Å². The quantitative estimate of drug-likeness (QED) is 0.140. The fourth-order valence-electron chi connectivity index (χ4n) is 6.21. The second kappa shape index (κ2) is 30.1. The van der Waals surface area contributed by atoms with Crippen LogP contribution in [-0.4, -0.2) is 17.4 Å². The van der Waals surface area contributed by atoms with Crippen LogP contribution in [0.15, 0.2) is 46.4 Å². The maximum atomic E-state index is 6.69. The molecule has 3 nitrogen and oxygen atoms in total. The summed E-state index contributed by atoms with van der Waals surface area (Å²) in [4.78, 5) is 15.3. The first-order chi connectivity index (χ1) is 23.0. The standard InChI is InChI=1S/C43H62ClN3.3ClH.V/c1-7-13-19-33-25-35(21-15-9-3)42(36(26-33)22-16-10-4)45-31-40-29-39(44)30-41(47-40)32-46-43-37(23-17-11-5)27-34(20-14-8-2)28-38(43)24-18-12-6;;;;/h25-32H,7-24H2,1-6H3;3*1H;/p-3. The molecule has 3 aromatic rings. The molecule has 285 valence electrons. The maximum absolute atomic E-state index is 6.69. The van der Waals surface area contributed by atoms with Gasteiger partial charge in [-0.1, -0.05) is 116 Å². The second-order valence-electron chi connectivity index (χ2n) is 13.3. The first-order valence-corrected chi connectivity index (χ1v) is 19.4. The minimum Gasteiger partial charge on any atom is -1.00 e. The van der Waals surface area contributed by atoms with E-state index in [2.05, 4.69) is 65.8 Å². The third-order valence-electron chi connectivity index (χ3n) is 8.97. The first-order valence-electron chi connectivity index (χ1n) is 19.0. The van der Waals surface area contributed by atoms with Crippen LogP contribution in [0, 0.1) is 0 Å². The van der Waals surface area contributed by atoms with Crippen LogP contribution in [0.3, 0.4) is 0 Å². The van der Waals surface area contributed by atoms with Gasteiger partial charge in [0.15, 0.2) is 0 Å². The van der Waals surface area contributed by atoms with Crippen molar-refractivity contribution in [1.82, 2.24) is 4.98 Å². The molecule has 0 N–H and O–H groups in total. The van der Waals surface area contributed by atoms with Crippen LogP contribution in [0.4, 0.5) is 11.4 Å². The van der Waals surface area contributed by atoms with E-state index in [9.17, 15) is 0 Å². The molecule has 0 saturated carbocycles. The molecule has 0 aliphatic carbocycles. The number of halogens is 4. The minimum atomic E-state index is 0. The number of hydrogen-bond donors (Lipinski definition) is 0. The molecule has 3 rings (SSSR count). The summed E-state index contributed by atoms with van der Waals surface area (Å²) in [5.41, 5.74) is 12.2. The third-order valence-corrected chi connectivity index (χ3v) is 9.19. The van der Waals surface area contributed by atoms with Crippen LogP contribution in [0.2, 0.25) is 5.02 Å². The number of benzene rings is 2. The Morgan fingerprint density at radius 2 is 0.745 bits per heavy atom. The third kappa shape index (κ3) is 18.0. The number of rotatable bonds is 22. The predicted molar refractivity (Wildman–Crippen MR) is 208 cm³/mol. The molecular weight excluding hydrogens is 751 g/mol. The molecule has 1 heterocycles. The Bertz CT molecular complexity index is 1280. The van der Waals surface area contributed by atoms with Gasteiger partial charge in [-0.3, -0.25) is 9.98 Å².